The van der Waals surface area contributed by atoms with E-state index in [9.17, 15) is 4.79 Å². The lowest BCUT2D eigenvalue weighted by Gasteiger charge is -2.22. The molecule has 1 heterocycles. The zero-order chi connectivity index (χ0) is 13.2. The summed E-state index contributed by atoms with van der Waals surface area (Å²) in [6.07, 6.45) is 4.04. The van der Waals surface area contributed by atoms with Crippen molar-refractivity contribution < 1.29 is 9.53 Å². The number of ketones is 1. The van der Waals surface area contributed by atoms with Crippen LogP contribution in [-0.4, -0.2) is 36.4 Å². The molecule has 0 saturated carbocycles. The van der Waals surface area contributed by atoms with Gasteiger partial charge in [-0.2, -0.15) is 0 Å². The molecule has 1 fully saturated rings. The molecule has 3 nitrogen and oxygen atoms in total. The van der Waals surface area contributed by atoms with Gasteiger partial charge in [0.2, 0.25) is 0 Å². The number of nitrogens with zero attached hydrogens (tertiary/aromatic N) is 1. The van der Waals surface area contributed by atoms with Crippen LogP contribution in [0.3, 0.4) is 0 Å². The summed E-state index contributed by atoms with van der Waals surface area (Å²) in [7, 11) is 0. The van der Waals surface area contributed by atoms with Crippen LogP contribution in [0.15, 0.2) is 18.2 Å². The Kier molecular flexibility index (Phi) is 3.56. The van der Waals surface area contributed by atoms with Gasteiger partial charge in [-0.3, -0.25) is 9.69 Å². The maximum atomic E-state index is 11.6. The van der Waals surface area contributed by atoms with Crippen LogP contribution in [0.25, 0.3) is 0 Å². The molecular formula is C16H21NO2. The fourth-order valence-electron chi connectivity index (χ4n) is 3.21. The Labute approximate surface area is 114 Å². The molecule has 2 aliphatic rings. The Morgan fingerprint density at radius 2 is 2.26 bits per heavy atom. The van der Waals surface area contributed by atoms with Crippen LogP contribution < -0.4 is 4.74 Å². The Hall–Kier alpha value is -1.35. The van der Waals surface area contributed by atoms with E-state index in [-0.39, 0.29) is 5.78 Å². The van der Waals surface area contributed by atoms with Crippen molar-refractivity contribution in [2.45, 2.75) is 38.6 Å². The van der Waals surface area contributed by atoms with E-state index in [1.807, 2.05) is 18.2 Å². The number of likely N-dealkylation sites (N-methyl/N-ethyl adjacent to an activating group) is 1. The molecule has 1 unspecified atom stereocenters. The van der Waals surface area contributed by atoms with Crippen molar-refractivity contribution in [3.63, 3.8) is 0 Å². The van der Waals surface area contributed by atoms with Crippen LogP contribution in [0.2, 0.25) is 0 Å². The second kappa shape index (κ2) is 5.33. The SMILES string of the molecule is CCN1CCCC1COc1ccc2c(c1)CCC2=O. The third-order valence-electron chi connectivity index (χ3n) is 4.35. The van der Waals surface area contributed by atoms with E-state index in [1.165, 1.54) is 19.4 Å². The van der Waals surface area contributed by atoms with Crippen molar-refractivity contribution in [1.29, 1.82) is 0 Å². The lowest BCUT2D eigenvalue weighted by atomic mass is 10.1. The molecule has 0 aromatic heterocycles. The molecule has 0 bridgehead atoms. The predicted molar refractivity (Wildman–Crippen MR) is 74.9 cm³/mol. The average molecular weight is 259 g/mol. The van der Waals surface area contributed by atoms with E-state index in [0.717, 1.165) is 36.4 Å². The Bertz CT molecular complexity index is 484. The van der Waals surface area contributed by atoms with E-state index in [2.05, 4.69) is 11.8 Å². The molecule has 3 rings (SSSR count). The molecular weight excluding hydrogens is 238 g/mol. The third-order valence-corrected chi connectivity index (χ3v) is 4.35. The second-order valence-electron chi connectivity index (χ2n) is 5.48. The molecule has 0 spiro atoms. The summed E-state index contributed by atoms with van der Waals surface area (Å²) in [5.41, 5.74) is 2.05. The molecule has 1 atom stereocenters. The average Bonchev–Trinajstić information content (AvgIpc) is 3.03. The molecule has 1 aliphatic heterocycles. The quantitative estimate of drug-likeness (QED) is 0.832. The highest BCUT2D eigenvalue weighted by Gasteiger charge is 2.24. The highest BCUT2D eigenvalue weighted by molar-refractivity contribution is 6.00. The number of hydrogen-bond acceptors (Lipinski definition) is 3. The van der Waals surface area contributed by atoms with Gasteiger partial charge in [-0.25, -0.2) is 0 Å². The van der Waals surface area contributed by atoms with Gasteiger partial charge in [-0.15, -0.1) is 0 Å². The normalized spacial score (nSPS) is 22.8. The molecule has 0 radical (unpaired) electrons. The van der Waals surface area contributed by atoms with Crippen molar-refractivity contribution in [1.82, 2.24) is 4.90 Å². The van der Waals surface area contributed by atoms with E-state index < -0.39 is 0 Å². The van der Waals surface area contributed by atoms with Gasteiger partial charge >= 0.3 is 0 Å². The zero-order valence-corrected chi connectivity index (χ0v) is 11.5. The maximum Gasteiger partial charge on any atom is 0.163 e. The van der Waals surface area contributed by atoms with Crippen LogP contribution in [0.5, 0.6) is 5.75 Å². The summed E-state index contributed by atoms with van der Waals surface area (Å²) in [4.78, 5) is 14.1. The van der Waals surface area contributed by atoms with Gasteiger partial charge in [0.25, 0.3) is 0 Å². The second-order valence-corrected chi connectivity index (χ2v) is 5.48. The van der Waals surface area contributed by atoms with Crippen molar-refractivity contribution in [2.75, 3.05) is 19.7 Å². The van der Waals surface area contributed by atoms with Gasteiger partial charge in [0.1, 0.15) is 12.4 Å². The smallest absolute Gasteiger partial charge is 0.163 e. The number of hydrogen-bond donors (Lipinski definition) is 0. The van der Waals surface area contributed by atoms with Gasteiger partial charge in [-0.05, 0) is 56.1 Å². The lowest BCUT2D eigenvalue weighted by molar-refractivity contribution is 0.0994. The summed E-state index contributed by atoms with van der Waals surface area (Å²) in [5.74, 6) is 1.19. The fraction of sp³-hybridized carbons (Fsp3) is 0.562. The Morgan fingerprint density at radius 1 is 1.37 bits per heavy atom. The maximum absolute atomic E-state index is 11.6. The Balaban J connectivity index is 1.63. The zero-order valence-electron chi connectivity index (χ0n) is 11.5. The van der Waals surface area contributed by atoms with Gasteiger partial charge in [0, 0.05) is 18.0 Å². The van der Waals surface area contributed by atoms with E-state index >= 15 is 0 Å². The first-order chi connectivity index (χ1) is 9.28. The fourth-order valence-corrected chi connectivity index (χ4v) is 3.21. The molecule has 3 heteroatoms. The monoisotopic (exact) mass is 259 g/mol. The minimum Gasteiger partial charge on any atom is -0.492 e. The van der Waals surface area contributed by atoms with Crippen molar-refractivity contribution in [3.05, 3.63) is 29.3 Å². The van der Waals surface area contributed by atoms with Crippen LogP contribution in [0.1, 0.15) is 42.1 Å². The van der Waals surface area contributed by atoms with Crippen LogP contribution in [0.4, 0.5) is 0 Å². The van der Waals surface area contributed by atoms with Gasteiger partial charge in [0.15, 0.2) is 5.78 Å². The number of carbonyl (C=O) groups is 1. The molecule has 0 N–H and O–H groups in total. The minimum atomic E-state index is 0.273. The standard InChI is InChI=1S/C16H21NO2/c1-2-17-9-3-4-13(17)11-19-14-6-7-15-12(10-14)5-8-16(15)18/h6-7,10,13H,2-5,8-9,11H2,1H3. The van der Waals surface area contributed by atoms with E-state index in [1.54, 1.807) is 0 Å². The number of ether oxygens (including phenoxy) is 1. The number of benzene rings is 1. The van der Waals surface area contributed by atoms with Crippen LogP contribution in [-0.2, 0) is 6.42 Å². The summed E-state index contributed by atoms with van der Waals surface area (Å²) >= 11 is 0. The summed E-state index contributed by atoms with van der Waals surface area (Å²) in [6.45, 7) is 5.27. The topological polar surface area (TPSA) is 29.5 Å². The van der Waals surface area contributed by atoms with Gasteiger partial charge in [-0.1, -0.05) is 6.92 Å². The summed E-state index contributed by atoms with van der Waals surface area (Å²) < 4.78 is 5.93. The molecule has 1 aliphatic carbocycles. The van der Waals surface area contributed by atoms with E-state index in [4.69, 9.17) is 4.74 Å². The minimum absolute atomic E-state index is 0.273. The molecule has 1 aromatic carbocycles. The van der Waals surface area contributed by atoms with Crippen molar-refractivity contribution in [2.24, 2.45) is 0 Å². The predicted octanol–water partition coefficient (Wildman–Crippen LogP) is 2.68. The number of aryl methyl sites for hydroxylation is 1. The lowest BCUT2D eigenvalue weighted by Crippen LogP contribution is -2.33. The largest absolute Gasteiger partial charge is 0.492 e. The first kappa shape index (κ1) is 12.7. The van der Waals surface area contributed by atoms with Gasteiger partial charge in [0.05, 0.1) is 0 Å². The number of fused-ring (bicyclic) bond motifs is 1. The number of rotatable bonds is 4. The number of likely N-dealkylation sites (tertiary alicyclic amines) is 1. The highest BCUT2D eigenvalue weighted by Crippen LogP contribution is 2.26. The highest BCUT2D eigenvalue weighted by atomic mass is 16.5. The van der Waals surface area contributed by atoms with Crippen LogP contribution in [0, 0.1) is 0 Å². The van der Waals surface area contributed by atoms with E-state index in [0.29, 0.717) is 12.5 Å². The number of Topliss-reactive ketones (excluding diaryl/α,β-unsaturated/α-hetero) is 1. The third kappa shape index (κ3) is 2.52. The Morgan fingerprint density at radius 3 is 3.11 bits per heavy atom. The van der Waals surface area contributed by atoms with Crippen molar-refractivity contribution in [3.8, 4) is 5.75 Å². The van der Waals surface area contributed by atoms with Gasteiger partial charge < -0.3 is 4.74 Å². The molecule has 102 valence electrons. The van der Waals surface area contributed by atoms with Crippen LogP contribution >= 0.6 is 0 Å². The number of carbonyl (C=O) groups excluding carboxylic acids is 1. The summed E-state index contributed by atoms with van der Waals surface area (Å²) in [6, 6.07) is 6.46. The molecule has 19 heavy (non-hydrogen) atoms. The molecule has 1 saturated heterocycles. The first-order valence-corrected chi connectivity index (χ1v) is 7.31. The first-order valence-electron chi connectivity index (χ1n) is 7.31. The molecule has 1 aromatic rings. The summed E-state index contributed by atoms with van der Waals surface area (Å²) in [5, 5.41) is 0. The molecule has 0 amide bonds. The van der Waals surface area contributed by atoms with Crippen molar-refractivity contribution >= 4 is 5.78 Å².